The molecule has 4 aromatic rings. The molecule has 1 N–H and O–H groups in total. The molecular weight excluding hydrogens is 410 g/mol. The van der Waals surface area contributed by atoms with E-state index in [0.717, 1.165) is 51.3 Å². The summed E-state index contributed by atoms with van der Waals surface area (Å²) in [5.74, 6) is 1.45. The number of allylic oxidation sites excluding steroid dienone is 1. The maximum absolute atomic E-state index is 12.9. The van der Waals surface area contributed by atoms with Gasteiger partial charge in [-0.05, 0) is 85.7 Å². The zero-order valence-corrected chi connectivity index (χ0v) is 19.4. The first kappa shape index (κ1) is 21.1. The molecule has 4 heteroatoms. The van der Waals surface area contributed by atoms with Crippen molar-refractivity contribution in [1.82, 2.24) is 0 Å². The molecule has 5 rings (SSSR count). The van der Waals surface area contributed by atoms with Gasteiger partial charge in [0.2, 0.25) is 5.91 Å². The van der Waals surface area contributed by atoms with Crippen molar-refractivity contribution in [3.8, 4) is 16.9 Å². The van der Waals surface area contributed by atoms with E-state index in [0.29, 0.717) is 6.61 Å². The van der Waals surface area contributed by atoms with Crippen LogP contribution in [-0.2, 0) is 11.2 Å². The molecule has 1 aliphatic rings. The smallest absolute Gasteiger partial charge is 0.248 e. The van der Waals surface area contributed by atoms with Crippen molar-refractivity contribution in [3.05, 3.63) is 88.7 Å². The number of carbonyl (C=O) groups is 1. The molecule has 0 saturated heterocycles. The van der Waals surface area contributed by atoms with Crippen LogP contribution >= 0.6 is 0 Å². The minimum atomic E-state index is -0.161. The number of nitrogens with one attached hydrogen (secondary N) is 1. The summed E-state index contributed by atoms with van der Waals surface area (Å²) in [5.41, 5.74) is 9.54. The summed E-state index contributed by atoms with van der Waals surface area (Å²) >= 11 is 0. The Kier molecular flexibility index (Phi) is 5.29. The Balaban J connectivity index is 1.41. The van der Waals surface area contributed by atoms with Crippen molar-refractivity contribution in [2.45, 2.75) is 34.1 Å². The normalized spacial score (nSPS) is 12.5. The molecule has 0 bridgehead atoms. The SMILES string of the molecule is CCOc1cc2oc(C)c(C)c2cc1/C(C)=C/C(=O)Nc1ccc2c(c1)Cc1ccccc1-2. The molecule has 0 unspecified atom stereocenters. The quantitative estimate of drug-likeness (QED) is 0.299. The van der Waals surface area contributed by atoms with E-state index in [-0.39, 0.29) is 5.91 Å². The number of rotatable bonds is 5. The van der Waals surface area contributed by atoms with E-state index in [9.17, 15) is 4.79 Å². The number of hydrogen-bond donors (Lipinski definition) is 1. The molecule has 4 nitrogen and oxygen atoms in total. The van der Waals surface area contributed by atoms with E-state index >= 15 is 0 Å². The number of aryl methyl sites for hydroxylation is 2. The van der Waals surface area contributed by atoms with Crippen LogP contribution in [0.2, 0.25) is 0 Å². The first-order chi connectivity index (χ1) is 15.9. The second-order valence-electron chi connectivity index (χ2n) is 8.58. The average molecular weight is 438 g/mol. The molecule has 166 valence electrons. The summed E-state index contributed by atoms with van der Waals surface area (Å²) in [5, 5.41) is 4.07. The van der Waals surface area contributed by atoms with Crippen LogP contribution < -0.4 is 10.1 Å². The fraction of sp³-hybridized carbons (Fsp3) is 0.207. The van der Waals surface area contributed by atoms with Gasteiger partial charge in [0.1, 0.15) is 17.1 Å². The van der Waals surface area contributed by atoms with Gasteiger partial charge in [0, 0.05) is 28.8 Å². The molecule has 0 atom stereocenters. The van der Waals surface area contributed by atoms with Crippen LogP contribution in [0.25, 0.3) is 27.7 Å². The van der Waals surface area contributed by atoms with Crippen LogP contribution in [0.3, 0.4) is 0 Å². The molecule has 0 radical (unpaired) electrons. The van der Waals surface area contributed by atoms with E-state index in [4.69, 9.17) is 9.15 Å². The number of carbonyl (C=O) groups excluding carboxylic acids is 1. The van der Waals surface area contributed by atoms with Crippen molar-refractivity contribution in [3.63, 3.8) is 0 Å². The minimum Gasteiger partial charge on any atom is -0.493 e. The number of anilines is 1. The third-order valence-electron chi connectivity index (χ3n) is 6.41. The third kappa shape index (κ3) is 3.82. The highest BCUT2D eigenvalue weighted by molar-refractivity contribution is 6.05. The Labute approximate surface area is 193 Å². The van der Waals surface area contributed by atoms with Crippen LogP contribution in [0.1, 0.15) is 41.9 Å². The fourth-order valence-electron chi connectivity index (χ4n) is 4.63. The van der Waals surface area contributed by atoms with Crippen LogP contribution in [0.15, 0.2) is 65.1 Å². The molecule has 1 aromatic heterocycles. The van der Waals surface area contributed by atoms with Crippen molar-refractivity contribution in [2.24, 2.45) is 0 Å². The molecule has 0 fully saturated rings. The van der Waals surface area contributed by atoms with Gasteiger partial charge in [-0.25, -0.2) is 0 Å². The van der Waals surface area contributed by atoms with Gasteiger partial charge in [0.15, 0.2) is 0 Å². The van der Waals surface area contributed by atoms with E-state index in [2.05, 4.69) is 47.8 Å². The summed E-state index contributed by atoms with van der Waals surface area (Å²) < 4.78 is 11.7. The lowest BCUT2D eigenvalue weighted by atomic mass is 10.0. The van der Waals surface area contributed by atoms with E-state index < -0.39 is 0 Å². The zero-order valence-electron chi connectivity index (χ0n) is 19.4. The molecule has 1 aliphatic carbocycles. The number of ether oxygens (including phenoxy) is 1. The minimum absolute atomic E-state index is 0.161. The van der Waals surface area contributed by atoms with Crippen LogP contribution in [0.5, 0.6) is 5.75 Å². The van der Waals surface area contributed by atoms with Crippen molar-refractivity contribution >= 4 is 28.1 Å². The lowest BCUT2D eigenvalue weighted by Gasteiger charge is -2.12. The molecule has 1 amide bonds. The second-order valence-corrected chi connectivity index (χ2v) is 8.58. The van der Waals surface area contributed by atoms with Crippen LogP contribution in [0, 0.1) is 13.8 Å². The summed E-state index contributed by atoms with van der Waals surface area (Å²) in [4.78, 5) is 12.9. The second kappa shape index (κ2) is 8.28. The standard InChI is InChI=1S/C29H27NO3/c1-5-32-27-16-28-26(18(3)19(4)33-28)15-25(27)17(2)12-29(31)30-22-10-11-24-21(14-22)13-20-8-6-7-9-23(20)24/h6-12,14-16H,5,13H2,1-4H3,(H,30,31)/b17-12+. The number of furan rings is 1. The first-order valence-corrected chi connectivity index (χ1v) is 11.3. The largest absolute Gasteiger partial charge is 0.493 e. The molecule has 33 heavy (non-hydrogen) atoms. The highest BCUT2D eigenvalue weighted by Gasteiger charge is 2.18. The van der Waals surface area contributed by atoms with E-state index in [1.165, 1.54) is 22.3 Å². The predicted molar refractivity (Wildman–Crippen MR) is 134 cm³/mol. The summed E-state index contributed by atoms with van der Waals surface area (Å²) in [6.45, 7) is 8.42. The van der Waals surface area contributed by atoms with E-state index in [1.807, 2.05) is 39.8 Å². The highest BCUT2D eigenvalue weighted by Crippen LogP contribution is 2.38. The number of amides is 1. The first-order valence-electron chi connectivity index (χ1n) is 11.3. The third-order valence-corrected chi connectivity index (χ3v) is 6.41. The van der Waals surface area contributed by atoms with Crippen molar-refractivity contribution in [2.75, 3.05) is 11.9 Å². The highest BCUT2D eigenvalue weighted by atomic mass is 16.5. The Morgan fingerprint density at radius 3 is 2.67 bits per heavy atom. The molecule has 1 heterocycles. The topological polar surface area (TPSA) is 51.5 Å². The number of benzene rings is 3. The van der Waals surface area contributed by atoms with Crippen LogP contribution in [0.4, 0.5) is 5.69 Å². The van der Waals surface area contributed by atoms with Gasteiger partial charge in [0.05, 0.1) is 6.61 Å². The maximum Gasteiger partial charge on any atom is 0.248 e. The number of fused-ring (bicyclic) bond motifs is 4. The fourth-order valence-corrected chi connectivity index (χ4v) is 4.63. The summed E-state index contributed by atoms with van der Waals surface area (Å²) in [6, 6.07) is 18.6. The van der Waals surface area contributed by atoms with Gasteiger partial charge >= 0.3 is 0 Å². The Morgan fingerprint density at radius 2 is 1.85 bits per heavy atom. The molecule has 0 spiro atoms. The van der Waals surface area contributed by atoms with Gasteiger partial charge in [-0.15, -0.1) is 0 Å². The lowest BCUT2D eigenvalue weighted by Crippen LogP contribution is -2.09. The molecule has 3 aromatic carbocycles. The maximum atomic E-state index is 12.9. The van der Waals surface area contributed by atoms with Gasteiger partial charge in [-0.3, -0.25) is 4.79 Å². The van der Waals surface area contributed by atoms with Crippen molar-refractivity contribution < 1.29 is 13.9 Å². The number of hydrogen-bond acceptors (Lipinski definition) is 3. The predicted octanol–water partition coefficient (Wildman–Crippen LogP) is 7.06. The Bertz CT molecular complexity index is 1420. The summed E-state index contributed by atoms with van der Waals surface area (Å²) in [6.07, 6.45) is 2.53. The van der Waals surface area contributed by atoms with Gasteiger partial charge < -0.3 is 14.5 Å². The zero-order chi connectivity index (χ0) is 23.1. The average Bonchev–Trinajstić information content (AvgIpc) is 3.29. The van der Waals surface area contributed by atoms with Gasteiger partial charge in [-0.1, -0.05) is 30.3 Å². The monoisotopic (exact) mass is 437 g/mol. The van der Waals surface area contributed by atoms with Gasteiger partial charge in [-0.2, -0.15) is 0 Å². The lowest BCUT2D eigenvalue weighted by molar-refractivity contribution is -0.111. The van der Waals surface area contributed by atoms with Crippen molar-refractivity contribution in [1.29, 1.82) is 0 Å². The molecule has 0 aliphatic heterocycles. The Morgan fingerprint density at radius 1 is 1.06 bits per heavy atom. The molecular formula is C29H27NO3. The summed E-state index contributed by atoms with van der Waals surface area (Å²) in [7, 11) is 0. The molecule has 0 saturated carbocycles. The van der Waals surface area contributed by atoms with E-state index in [1.54, 1.807) is 6.08 Å². The van der Waals surface area contributed by atoms with Gasteiger partial charge in [0.25, 0.3) is 0 Å². The van der Waals surface area contributed by atoms with Crippen LogP contribution in [-0.4, -0.2) is 12.5 Å². The Hall–Kier alpha value is -3.79.